The van der Waals surface area contributed by atoms with Crippen LogP contribution in [-0.4, -0.2) is 26.0 Å². The van der Waals surface area contributed by atoms with Crippen molar-refractivity contribution in [3.05, 3.63) is 41.2 Å². The number of benzene rings is 1. The summed E-state index contributed by atoms with van der Waals surface area (Å²) < 4.78 is 31.6. The summed E-state index contributed by atoms with van der Waals surface area (Å²) in [5, 5.41) is 6.04. The Hall–Kier alpha value is -2.19. The van der Waals surface area contributed by atoms with Crippen LogP contribution in [0.4, 0.5) is 5.82 Å². The number of rotatable bonds is 5. The van der Waals surface area contributed by atoms with Crippen LogP contribution in [0.3, 0.4) is 0 Å². The van der Waals surface area contributed by atoms with E-state index in [1.54, 1.807) is 32.9 Å². The van der Waals surface area contributed by atoms with Gasteiger partial charge in [0, 0.05) is 6.07 Å². The van der Waals surface area contributed by atoms with Gasteiger partial charge in [0.05, 0.1) is 11.4 Å². The van der Waals surface area contributed by atoms with Crippen LogP contribution in [0.15, 0.2) is 33.7 Å². The number of carbonyl (C=O) groups is 1. The smallest absolute Gasteiger partial charge is 0.241 e. The topological polar surface area (TPSA) is 101 Å². The summed E-state index contributed by atoms with van der Waals surface area (Å²) in [7, 11) is -3.75. The van der Waals surface area contributed by atoms with Gasteiger partial charge in [-0.05, 0) is 38.0 Å². The molecule has 0 aliphatic heterocycles. The minimum absolute atomic E-state index is 0.164. The number of nitrogens with zero attached hydrogens (tertiary/aromatic N) is 1. The molecule has 0 spiro atoms. The molecule has 22 heavy (non-hydrogen) atoms. The molecule has 118 valence electrons. The number of nitrogens with one attached hydrogen (secondary N) is 2. The van der Waals surface area contributed by atoms with E-state index in [0.717, 1.165) is 5.56 Å². The van der Waals surface area contributed by atoms with Crippen molar-refractivity contribution in [1.82, 2.24) is 9.88 Å². The van der Waals surface area contributed by atoms with Crippen molar-refractivity contribution in [3.8, 4) is 0 Å². The van der Waals surface area contributed by atoms with Gasteiger partial charge in [-0.15, -0.1) is 0 Å². The third-order valence-corrected chi connectivity index (χ3v) is 4.49. The van der Waals surface area contributed by atoms with Gasteiger partial charge >= 0.3 is 0 Å². The van der Waals surface area contributed by atoms with Crippen molar-refractivity contribution < 1.29 is 17.7 Å². The van der Waals surface area contributed by atoms with E-state index < -0.39 is 15.9 Å². The van der Waals surface area contributed by atoms with Crippen molar-refractivity contribution in [2.24, 2.45) is 0 Å². The van der Waals surface area contributed by atoms with E-state index in [4.69, 9.17) is 4.52 Å². The maximum absolute atomic E-state index is 12.2. The predicted octanol–water partition coefficient (Wildman–Crippen LogP) is 1.52. The highest BCUT2D eigenvalue weighted by molar-refractivity contribution is 7.89. The summed E-state index contributed by atoms with van der Waals surface area (Å²) >= 11 is 0. The van der Waals surface area contributed by atoms with E-state index in [0.29, 0.717) is 11.3 Å². The Morgan fingerprint density at radius 2 is 1.95 bits per heavy atom. The van der Waals surface area contributed by atoms with E-state index in [1.165, 1.54) is 6.07 Å². The summed E-state index contributed by atoms with van der Waals surface area (Å²) in [6.45, 7) is 4.80. The number of amides is 1. The number of carbonyl (C=O) groups excluding carboxylic acids is 1. The number of aryl methyl sites for hydroxylation is 3. The van der Waals surface area contributed by atoms with Crippen LogP contribution in [-0.2, 0) is 14.8 Å². The zero-order valence-electron chi connectivity index (χ0n) is 12.5. The molecular formula is C14H17N3O4S. The lowest BCUT2D eigenvalue weighted by Gasteiger charge is -2.09. The van der Waals surface area contributed by atoms with Gasteiger partial charge in [-0.25, -0.2) is 13.1 Å². The van der Waals surface area contributed by atoms with Crippen molar-refractivity contribution >= 4 is 21.7 Å². The first kappa shape index (κ1) is 16.2. The Kier molecular flexibility index (Phi) is 4.62. The highest BCUT2D eigenvalue weighted by atomic mass is 32.2. The summed E-state index contributed by atoms with van der Waals surface area (Å²) in [5.41, 5.74) is 1.44. The first-order chi connectivity index (χ1) is 10.3. The highest BCUT2D eigenvalue weighted by Crippen LogP contribution is 2.16. The van der Waals surface area contributed by atoms with E-state index in [9.17, 15) is 13.2 Å². The number of aromatic nitrogens is 1. The van der Waals surface area contributed by atoms with Gasteiger partial charge in [0.25, 0.3) is 0 Å². The monoisotopic (exact) mass is 323 g/mol. The minimum Gasteiger partial charge on any atom is -0.360 e. The van der Waals surface area contributed by atoms with Gasteiger partial charge in [0.2, 0.25) is 15.9 Å². The van der Waals surface area contributed by atoms with E-state index in [2.05, 4.69) is 15.2 Å². The summed E-state index contributed by atoms with van der Waals surface area (Å²) in [6, 6.07) is 6.66. The van der Waals surface area contributed by atoms with Crippen LogP contribution < -0.4 is 10.0 Å². The molecule has 0 radical (unpaired) electrons. The molecule has 1 aromatic heterocycles. The summed E-state index contributed by atoms with van der Waals surface area (Å²) in [5.74, 6) is 0.266. The van der Waals surface area contributed by atoms with Crippen molar-refractivity contribution in [3.63, 3.8) is 0 Å². The number of anilines is 1. The standard InChI is InChI=1S/C14H17N3O4S/c1-9-4-5-10(2)12(6-9)22(19,20)15-8-14(18)16-13-7-11(3)21-17-13/h4-7,15H,8H2,1-3H3,(H,16,17,18). The second kappa shape index (κ2) is 6.29. The molecular weight excluding hydrogens is 306 g/mol. The SMILES string of the molecule is Cc1ccc(C)c(S(=O)(=O)NCC(=O)Nc2cc(C)on2)c1. The molecule has 2 N–H and O–H groups in total. The molecule has 1 aromatic carbocycles. The Balaban J connectivity index is 2.03. The Bertz CT molecular complexity index is 796. The fourth-order valence-corrected chi connectivity index (χ4v) is 3.16. The summed E-state index contributed by atoms with van der Waals surface area (Å²) in [6.07, 6.45) is 0. The second-order valence-electron chi connectivity index (χ2n) is 4.96. The van der Waals surface area contributed by atoms with Gasteiger partial charge < -0.3 is 9.84 Å². The fraction of sp³-hybridized carbons (Fsp3) is 0.286. The lowest BCUT2D eigenvalue weighted by atomic mass is 10.2. The van der Waals surface area contributed by atoms with Crippen LogP contribution in [0, 0.1) is 20.8 Å². The molecule has 1 heterocycles. The quantitative estimate of drug-likeness (QED) is 0.868. The zero-order chi connectivity index (χ0) is 16.3. The van der Waals surface area contributed by atoms with E-state index in [-0.39, 0.29) is 17.3 Å². The van der Waals surface area contributed by atoms with E-state index >= 15 is 0 Å². The predicted molar refractivity (Wildman–Crippen MR) is 81.0 cm³/mol. The molecule has 2 aromatic rings. The molecule has 0 saturated heterocycles. The van der Waals surface area contributed by atoms with Crippen molar-refractivity contribution in [1.29, 1.82) is 0 Å². The molecule has 0 aliphatic rings. The Morgan fingerprint density at radius 1 is 1.23 bits per heavy atom. The van der Waals surface area contributed by atoms with Crippen LogP contribution in [0.5, 0.6) is 0 Å². The molecule has 0 unspecified atom stereocenters. The number of hydrogen-bond donors (Lipinski definition) is 2. The molecule has 0 saturated carbocycles. The average Bonchev–Trinajstić information content (AvgIpc) is 2.84. The van der Waals surface area contributed by atoms with Gasteiger partial charge in [0.1, 0.15) is 5.76 Å². The molecule has 0 atom stereocenters. The van der Waals surface area contributed by atoms with Crippen molar-refractivity contribution in [2.75, 3.05) is 11.9 Å². The largest absolute Gasteiger partial charge is 0.360 e. The van der Waals surface area contributed by atoms with Crippen LogP contribution in [0.1, 0.15) is 16.9 Å². The average molecular weight is 323 g/mol. The molecule has 0 bridgehead atoms. The molecule has 7 nitrogen and oxygen atoms in total. The van der Waals surface area contributed by atoms with Gasteiger partial charge in [-0.2, -0.15) is 0 Å². The number of sulfonamides is 1. The lowest BCUT2D eigenvalue weighted by Crippen LogP contribution is -2.33. The Morgan fingerprint density at radius 3 is 2.59 bits per heavy atom. The molecule has 8 heteroatoms. The molecule has 0 fully saturated rings. The van der Waals surface area contributed by atoms with Gasteiger partial charge in [-0.1, -0.05) is 17.3 Å². The van der Waals surface area contributed by atoms with Gasteiger partial charge in [-0.3, -0.25) is 4.79 Å². The fourth-order valence-electron chi connectivity index (χ4n) is 1.85. The third kappa shape index (κ3) is 3.92. The first-order valence-electron chi connectivity index (χ1n) is 6.58. The van der Waals surface area contributed by atoms with Crippen LogP contribution in [0.25, 0.3) is 0 Å². The van der Waals surface area contributed by atoms with Crippen LogP contribution in [0.2, 0.25) is 0 Å². The first-order valence-corrected chi connectivity index (χ1v) is 8.06. The van der Waals surface area contributed by atoms with Crippen molar-refractivity contribution in [2.45, 2.75) is 25.7 Å². The maximum atomic E-state index is 12.2. The minimum atomic E-state index is -3.75. The maximum Gasteiger partial charge on any atom is 0.241 e. The molecule has 0 aliphatic carbocycles. The molecule has 2 rings (SSSR count). The lowest BCUT2D eigenvalue weighted by molar-refractivity contribution is -0.115. The second-order valence-corrected chi connectivity index (χ2v) is 6.70. The number of hydrogen-bond acceptors (Lipinski definition) is 5. The third-order valence-electron chi connectivity index (χ3n) is 2.95. The van der Waals surface area contributed by atoms with Gasteiger partial charge in [0.15, 0.2) is 5.82 Å². The Labute approximate surface area is 128 Å². The summed E-state index contributed by atoms with van der Waals surface area (Å²) in [4.78, 5) is 11.9. The van der Waals surface area contributed by atoms with E-state index in [1.807, 2.05) is 6.07 Å². The zero-order valence-corrected chi connectivity index (χ0v) is 13.3. The normalized spacial score (nSPS) is 11.4. The van der Waals surface area contributed by atoms with Crippen LogP contribution >= 0.6 is 0 Å². The molecule has 1 amide bonds. The highest BCUT2D eigenvalue weighted by Gasteiger charge is 2.18.